The first kappa shape index (κ1) is 7.49. The van der Waals surface area contributed by atoms with E-state index in [2.05, 4.69) is 10.4 Å². The molecule has 0 fully saturated rings. The van der Waals surface area contributed by atoms with Crippen LogP contribution in [0, 0.1) is 9.81 Å². The summed E-state index contributed by atoms with van der Waals surface area (Å²) in [5, 5.41) is 4.86. The summed E-state index contributed by atoms with van der Waals surface area (Å²) in [6.07, 6.45) is 0. The summed E-state index contributed by atoms with van der Waals surface area (Å²) in [4.78, 5) is 19.1. The van der Waals surface area contributed by atoms with E-state index in [-0.39, 0.29) is 0 Å². The highest BCUT2D eigenvalue weighted by molar-refractivity contribution is 6.20. The topological polar surface area (TPSA) is 58.9 Å². The molecule has 0 aliphatic heterocycles. The van der Waals surface area contributed by atoms with Crippen LogP contribution in [0.25, 0.3) is 0 Å². The highest BCUT2D eigenvalue weighted by Gasteiger charge is 2.13. The minimum atomic E-state index is -1.02. The van der Waals surface area contributed by atoms with Crippen molar-refractivity contribution in [1.82, 2.24) is 0 Å². The molecule has 0 bridgehead atoms. The van der Waals surface area contributed by atoms with Crippen molar-refractivity contribution in [2.45, 2.75) is 18.5 Å². The SMILES string of the molecule is CC(N=O)C(Cl)N=O. The second kappa shape index (κ2) is 3.49. The number of hydrogen-bond acceptors (Lipinski definition) is 4. The summed E-state index contributed by atoms with van der Waals surface area (Å²) in [6, 6.07) is -0.728. The van der Waals surface area contributed by atoms with E-state index < -0.39 is 11.5 Å². The van der Waals surface area contributed by atoms with Crippen LogP contribution in [-0.2, 0) is 0 Å². The number of rotatable bonds is 3. The zero-order chi connectivity index (χ0) is 6.57. The first-order valence-corrected chi connectivity index (χ1v) is 2.45. The van der Waals surface area contributed by atoms with E-state index in [1.165, 1.54) is 6.92 Å². The molecule has 0 amide bonds. The molecule has 0 saturated heterocycles. The van der Waals surface area contributed by atoms with E-state index >= 15 is 0 Å². The van der Waals surface area contributed by atoms with Crippen LogP contribution in [0.15, 0.2) is 10.4 Å². The second-order valence-electron chi connectivity index (χ2n) is 1.32. The molecule has 0 aromatic rings. The molecule has 0 N–H and O–H groups in total. The maximum absolute atomic E-state index is 9.57. The Morgan fingerprint density at radius 1 is 1.38 bits per heavy atom. The molecule has 4 nitrogen and oxygen atoms in total. The van der Waals surface area contributed by atoms with Gasteiger partial charge < -0.3 is 0 Å². The predicted octanol–water partition coefficient (Wildman–Crippen LogP) is 1.47. The van der Waals surface area contributed by atoms with Crippen molar-refractivity contribution < 1.29 is 0 Å². The van der Waals surface area contributed by atoms with E-state index in [4.69, 9.17) is 11.6 Å². The van der Waals surface area contributed by atoms with Gasteiger partial charge in [0.05, 0.1) is 0 Å². The highest BCUT2D eigenvalue weighted by atomic mass is 35.5. The summed E-state index contributed by atoms with van der Waals surface area (Å²) >= 11 is 5.14. The number of alkyl halides is 1. The first-order chi connectivity index (χ1) is 3.72. The Morgan fingerprint density at radius 3 is 2.00 bits per heavy atom. The fraction of sp³-hybridized carbons (Fsp3) is 1.00. The summed E-state index contributed by atoms with van der Waals surface area (Å²) in [6.45, 7) is 1.42. The van der Waals surface area contributed by atoms with Crippen LogP contribution in [0.3, 0.4) is 0 Å². The molecule has 0 aliphatic carbocycles. The molecule has 0 aromatic carbocycles. The van der Waals surface area contributed by atoms with Crippen molar-refractivity contribution in [2.24, 2.45) is 10.4 Å². The van der Waals surface area contributed by atoms with Crippen LogP contribution < -0.4 is 0 Å². The molecule has 0 heterocycles. The lowest BCUT2D eigenvalue weighted by Crippen LogP contribution is -2.10. The molecule has 0 aliphatic rings. The van der Waals surface area contributed by atoms with Gasteiger partial charge in [-0.25, -0.2) is 0 Å². The largest absolute Gasteiger partial charge is 0.190 e. The average molecular weight is 137 g/mol. The van der Waals surface area contributed by atoms with Gasteiger partial charge >= 0.3 is 0 Å². The molecule has 0 radical (unpaired) electrons. The van der Waals surface area contributed by atoms with Gasteiger partial charge in [0.2, 0.25) is 0 Å². The molecule has 0 saturated carbocycles. The van der Waals surface area contributed by atoms with Gasteiger partial charge in [0, 0.05) is 0 Å². The van der Waals surface area contributed by atoms with Gasteiger partial charge in [-0.05, 0) is 12.1 Å². The van der Waals surface area contributed by atoms with Gasteiger partial charge in [0.25, 0.3) is 0 Å². The molecule has 0 aromatic heterocycles. The van der Waals surface area contributed by atoms with E-state index in [1.807, 2.05) is 0 Å². The Hall–Kier alpha value is -0.510. The third kappa shape index (κ3) is 1.97. The lowest BCUT2D eigenvalue weighted by molar-refractivity contribution is 0.696. The van der Waals surface area contributed by atoms with Crippen LogP contribution >= 0.6 is 11.6 Å². The van der Waals surface area contributed by atoms with Crippen LogP contribution in [0.5, 0.6) is 0 Å². The van der Waals surface area contributed by atoms with Gasteiger partial charge in [-0.2, -0.15) is 4.91 Å². The van der Waals surface area contributed by atoms with Crippen molar-refractivity contribution in [3.63, 3.8) is 0 Å². The van der Waals surface area contributed by atoms with Crippen LogP contribution in [0.2, 0.25) is 0 Å². The van der Waals surface area contributed by atoms with Crippen LogP contribution in [0.4, 0.5) is 0 Å². The molecule has 5 heteroatoms. The van der Waals surface area contributed by atoms with E-state index in [0.717, 1.165) is 0 Å². The standard InChI is InChI=1S/C3H5ClN2O2/c1-2(5-7)3(4)6-8/h2-3H,1H3. The zero-order valence-corrected chi connectivity index (χ0v) is 5.00. The fourth-order valence-corrected chi connectivity index (χ4v) is 0.184. The first-order valence-electron chi connectivity index (χ1n) is 2.01. The molecular formula is C3H5ClN2O2. The van der Waals surface area contributed by atoms with E-state index in [9.17, 15) is 9.81 Å². The maximum atomic E-state index is 9.57. The molecular weight excluding hydrogens is 131 g/mol. The Labute approximate surface area is 51.2 Å². The van der Waals surface area contributed by atoms with Gasteiger partial charge in [-0.3, -0.25) is 0 Å². The third-order valence-corrected chi connectivity index (χ3v) is 1.11. The molecule has 46 valence electrons. The lowest BCUT2D eigenvalue weighted by atomic mass is 10.4. The van der Waals surface area contributed by atoms with E-state index in [1.54, 1.807) is 0 Å². The summed E-state index contributed by atoms with van der Waals surface area (Å²) in [7, 11) is 0. The molecule has 8 heavy (non-hydrogen) atoms. The summed E-state index contributed by atoms with van der Waals surface area (Å²) in [5.41, 5.74) is -1.02. The average Bonchev–Trinajstić information content (AvgIpc) is 1.84. The molecule has 2 unspecified atom stereocenters. The Kier molecular flexibility index (Phi) is 3.26. The van der Waals surface area contributed by atoms with Crippen LogP contribution in [-0.4, -0.2) is 11.5 Å². The second-order valence-corrected chi connectivity index (χ2v) is 1.77. The summed E-state index contributed by atoms with van der Waals surface area (Å²) < 4.78 is 0. The van der Waals surface area contributed by atoms with Crippen molar-refractivity contribution >= 4 is 11.6 Å². The van der Waals surface area contributed by atoms with Gasteiger partial charge in [0.1, 0.15) is 6.04 Å². The Bertz CT molecular complexity index is 85.3. The summed E-state index contributed by atoms with van der Waals surface area (Å²) in [5.74, 6) is 0. The normalized spacial score (nSPS) is 16.8. The fourth-order valence-electron chi connectivity index (χ4n) is 0.138. The monoisotopic (exact) mass is 136 g/mol. The number of nitroso groups, excluding NO2 is 2. The predicted molar refractivity (Wildman–Crippen MR) is 30.7 cm³/mol. The van der Waals surface area contributed by atoms with Crippen molar-refractivity contribution in [2.75, 3.05) is 0 Å². The minimum Gasteiger partial charge on any atom is -0.150 e. The van der Waals surface area contributed by atoms with Crippen molar-refractivity contribution in [1.29, 1.82) is 0 Å². The van der Waals surface area contributed by atoms with Crippen molar-refractivity contribution in [3.8, 4) is 0 Å². The van der Waals surface area contributed by atoms with Crippen LogP contribution in [0.1, 0.15) is 6.92 Å². The number of halogens is 1. The maximum Gasteiger partial charge on any atom is 0.190 e. The van der Waals surface area contributed by atoms with Gasteiger partial charge in [0.15, 0.2) is 5.50 Å². The van der Waals surface area contributed by atoms with E-state index in [0.29, 0.717) is 0 Å². The Morgan fingerprint density at radius 2 is 1.88 bits per heavy atom. The molecule has 0 rings (SSSR count). The quantitative estimate of drug-likeness (QED) is 0.335. The molecule has 2 atom stereocenters. The number of nitrogens with zero attached hydrogens (tertiary/aromatic N) is 2. The van der Waals surface area contributed by atoms with Gasteiger partial charge in [-0.1, -0.05) is 16.8 Å². The smallest absolute Gasteiger partial charge is 0.150 e. The lowest BCUT2D eigenvalue weighted by Gasteiger charge is -1.97. The third-order valence-electron chi connectivity index (χ3n) is 0.665. The zero-order valence-electron chi connectivity index (χ0n) is 4.24. The Balaban J connectivity index is 3.60. The minimum absolute atomic E-state index is 0.728. The number of hydrogen-bond donors (Lipinski definition) is 0. The van der Waals surface area contributed by atoms with Gasteiger partial charge in [-0.15, -0.1) is 4.91 Å². The highest BCUT2D eigenvalue weighted by Crippen LogP contribution is 2.05. The molecule has 0 spiro atoms. The van der Waals surface area contributed by atoms with Crippen molar-refractivity contribution in [3.05, 3.63) is 9.81 Å².